The zero-order valence-electron chi connectivity index (χ0n) is 12.1. The molecule has 0 heterocycles. The fraction of sp³-hybridized carbons (Fsp3) is 0.615. The Balaban J connectivity index is 5.34. The monoisotopic (exact) mass is 251 g/mol. The molecule has 5 heteroatoms. The molecule has 0 saturated carbocycles. The van der Waals surface area contributed by atoms with Crippen LogP contribution in [0.3, 0.4) is 0 Å². The molecular formula is C13H25N5. The lowest BCUT2D eigenvalue weighted by atomic mass is 10.0. The van der Waals surface area contributed by atoms with Crippen LogP contribution in [-0.2, 0) is 0 Å². The molecule has 0 spiro atoms. The first-order chi connectivity index (χ1) is 8.41. The predicted molar refractivity (Wildman–Crippen MR) is 80.4 cm³/mol. The Morgan fingerprint density at radius 3 is 2.28 bits per heavy atom. The van der Waals surface area contributed by atoms with Crippen molar-refractivity contribution in [2.24, 2.45) is 26.4 Å². The second kappa shape index (κ2) is 7.76. The van der Waals surface area contributed by atoms with Gasteiger partial charge in [0.05, 0.1) is 23.6 Å². The second-order valence-corrected chi connectivity index (χ2v) is 4.31. The van der Waals surface area contributed by atoms with Gasteiger partial charge in [-0.3, -0.25) is 4.99 Å². The van der Waals surface area contributed by atoms with Crippen LogP contribution in [0.15, 0.2) is 26.8 Å². The summed E-state index contributed by atoms with van der Waals surface area (Å²) in [7, 11) is 0. The molecule has 0 amide bonds. The van der Waals surface area contributed by atoms with Crippen molar-refractivity contribution in [3.8, 4) is 0 Å². The minimum atomic E-state index is -0.490. The third-order valence-electron chi connectivity index (χ3n) is 2.40. The quantitative estimate of drug-likeness (QED) is 0.577. The van der Waals surface area contributed by atoms with E-state index in [2.05, 4.69) is 15.0 Å². The molecule has 0 atom stereocenters. The summed E-state index contributed by atoms with van der Waals surface area (Å²) in [5.74, 6) is 1.20. The fourth-order valence-electron chi connectivity index (χ4n) is 1.44. The molecule has 5 nitrogen and oxygen atoms in total. The molecule has 0 aliphatic rings. The van der Waals surface area contributed by atoms with E-state index in [-0.39, 0.29) is 0 Å². The van der Waals surface area contributed by atoms with Crippen molar-refractivity contribution in [1.82, 2.24) is 0 Å². The van der Waals surface area contributed by atoms with Crippen LogP contribution in [0.2, 0.25) is 0 Å². The molecule has 0 rings (SSSR count). The average Bonchev–Trinajstić information content (AvgIpc) is 2.34. The third-order valence-corrected chi connectivity index (χ3v) is 2.40. The van der Waals surface area contributed by atoms with E-state index >= 15 is 0 Å². The maximum atomic E-state index is 5.77. The van der Waals surface area contributed by atoms with Crippen LogP contribution in [0, 0.1) is 0 Å². The minimum absolute atomic E-state index is 0.303. The highest BCUT2D eigenvalue weighted by Crippen LogP contribution is 2.22. The highest BCUT2D eigenvalue weighted by atomic mass is 15.0. The average molecular weight is 251 g/mol. The molecule has 0 aromatic rings. The molecule has 0 radical (unpaired) electrons. The lowest BCUT2D eigenvalue weighted by Crippen LogP contribution is -2.25. The van der Waals surface area contributed by atoms with Gasteiger partial charge in [-0.2, -0.15) is 0 Å². The predicted octanol–water partition coefficient (Wildman–Crippen LogP) is 1.88. The van der Waals surface area contributed by atoms with E-state index in [0.29, 0.717) is 24.6 Å². The SMILES string of the molecule is CC=NC(CN)=NC(C)(C)/C(=C\C)N=C(N)CC. The van der Waals surface area contributed by atoms with Crippen LogP contribution in [-0.4, -0.2) is 30.0 Å². The topological polar surface area (TPSA) is 89.1 Å². The lowest BCUT2D eigenvalue weighted by molar-refractivity contribution is 0.604. The number of aliphatic imine (C=N–C) groups is 3. The molecule has 0 fully saturated rings. The van der Waals surface area contributed by atoms with Gasteiger partial charge >= 0.3 is 0 Å². The third kappa shape index (κ3) is 5.23. The molecule has 0 aromatic carbocycles. The summed E-state index contributed by atoms with van der Waals surface area (Å²) in [6.45, 7) is 9.96. The van der Waals surface area contributed by atoms with E-state index in [1.165, 1.54) is 0 Å². The van der Waals surface area contributed by atoms with Crippen LogP contribution in [0.1, 0.15) is 41.0 Å². The number of nitrogens with zero attached hydrogens (tertiary/aromatic N) is 3. The zero-order valence-corrected chi connectivity index (χ0v) is 12.1. The Hall–Kier alpha value is -1.49. The molecule has 0 saturated heterocycles. The highest BCUT2D eigenvalue weighted by Gasteiger charge is 2.22. The smallest absolute Gasteiger partial charge is 0.137 e. The first-order valence-electron chi connectivity index (χ1n) is 6.18. The van der Waals surface area contributed by atoms with Gasteiger partial charge in [-0.05, 0) is 27.7 Å². The molecule has 0 aromatic heterocycles. The molecule has 0 aliphatic heterocycles. The molecular weight excluding hydrogens is 226 g/mol. The van der Waals surface area contributed by atoms with Gasteiger partial charge in [0.2, 0.25) is 0 Å². The summed E-state index contributed by atoms with van der Waals surface area (Å²) in [5, 5.41) is 0. The second-order valence-electron chi connectivity index (χ2n) is 4.31. The van der Waals surface area contributed by atoms with E-state index < -0.39 is 5.54 Å². The number of allylic oxidation sites excluding steroid dienone is 1. The van der Waals surface area contributed by atoms with Crippen molar-refractivity contribution >= 4 is 17.9 Å². The first kappa shape index (κ1) is 16.5. The van der Waals surface area contributed by atoms with Gasteiger partial charge in [0.25, 0.3) is 0 Å². The van der Waals surface area contributed by atoms with Gasteiger partial charge in [0, 0.05) is 12.6 Å². The van der Waals surface area contributed by atoms with Crippen molar-refractivity contribution in [2.75, 3.05) is 6.54 Å². The van der Waals surface area contributed by atoms with Crippen LogP contribution in [0.5, 0.6) is 0 Å². The summed E-state index contributed by atoms with van der Waals surface area (Å²) in [4.78, 5) is 13.1. The molecule has 0 bridgehead atoms. The standard InChI is InChI=1S/C13H25N5/c1-6-10(17-11(15)7-2)13(4,5)18-12(9-14)16-8-3/h6,8H,7,9,14H2,1-5H3,(H2,15,17)/b10-6+,16-8?,18-12?. The van der Waals surface area contributed by atoms with Crippen molar-refractivity contribution in [2.45, 2.75) is 46.6 Å². The Kier molecular flexibility index (Phi) is 7.12. The maximum absolute atomic E-state index is 5.77. The Morgan fingerprint density at radius 2 is 1.89 bits per heavy atom. The molecule has 18 heavy (non-hydrogen) atoms. The van der Waals surface area contributed by atoms with Crippen LogP contribution < -0.4 is 11.5 Å². The van der Waals surface area contributed by atoms with Gasteiger partial charge in [-0.25, -0.2) is 9.98 Å². The van der Waals surface area contributed by atoms with E-state index in [1.54, 1.807) is 6.21 Å². The first-order valence-corrected chi connectivity index (χ1v) is 6.18. The fourth-order valence-corrected chi connectivity index (χ4v) is 1.44. The van der Waals surface area contributed by atoms with E-state index in [1.807, 2.05) is 40.7 Å². The summed E-state index contributed by atoms with van der Waals surface area (Å²) in [5.41, 5.74) is 11.7. The molecule has 4 N–H and O–H groups in total. The maximum Gasteiger partial charge on any atom is 0.137 e. The Labute approximate surface area is 110 Å². The van der Waals surface area contributed by atoms with Gasteiger partial charge in [0.1, 0.15) is 5.84 Å². The molecule has 0 aliphatic carbocycles. The highest BCUT2D eigenvalue weighted by molar-refractivity contribution is 5.91. The van der Waals surface area contributed by atoms with E-state index in [0.717, 1.165) is 5.70 Å². The van der Waals surface area contributed by atoms with Crippen LogP contribution in [0.4, 0.5) is 0 Å². The number of amidine groups is 2. The summed E-state index contributed by atoms with van der Waals surface area (Å²) in [6.07, 6.45) is 4.31. The summed E-state index contributed by atoms with van der Waals surface area (Å²) < 4.78 is 0. The van der Waals surface area contributed by atoms with Crippen molar-refractivity contribution in [1.29, 1.82) is 0 Å². The Bertz CT molecular complexity index is 375. The number of nitrogens with two attached hydrogens (primary N) is 2. The van der Waals surface area contributed by atoms with Crippen molar-refractivity contribution in [3.63, 3.8) is 0 Å². The van der Waals surface area contributed by atoms with Gasteiger partial charge in [0.15, 0.2) is 0 Å². The van der Waals surface area contributed by atoms with Crippen molar-refractivity contribution in [3.05, 3.63) is 11.8 Å². The van der Waals surface area contributed by atoms with Gasteiger partial charge in [-0.1, -0.05) is 13.0 Å². The zero-order chi connectivity index (χ0) is 14.2. The number of rotatable bonds is 5. The molecule has 102 valence electrons. The van der Waals surface area contributed by atoms with Crippen LogP contribution in [0.25, 0.3) is 0 Å². The number of hydrogen-bond donors (Lipinski definition) is 2. The minimum Gasteiger partial charge on any atom is -0.387 e. The summed E-state index contributed by atoms with van der Waals surface area (Å²) in [6, 6.07) is 0. The summed E-state index contributed by atoms with van der Waals surface area (Å²) >= 11 is 0. The van der Waals surface area contributed by atoms with Crippen molar-refractivity contribution < 1.29 is 0 Å². The van der Waals surface area contributed by atoms with Crippen LogP contribution >= 0.6 is 0 Å². The largest absolute Gasteiger partial charge is 0.387 e. The number of hydrogen-bond acceptors (Lipinski definition) is 3. The Morgan fingerprint density at radius 1 is 1.28 bits per heavy atom. The van der Waals surface area contributed by atoms with E-state index in [9.17, 15) is 0 Å². The van der Waals surface area contributed by atoms with Gasteiger partial charge in [-0.15, -0.1) is 0 Å². The lowest BCUT2D eigenvalue weighted by Gasteiger charge is -2.21. The normalized spacial score (nSPS) is 15.6. The molecule has 0 unspecified atom stereocenters. The van der Waals surface area contributed by atoms with Gasteiger partial charge < -0.3 is 11.5 Å². The van der Waals surface area contributed by atoms with E-state index in [4.69, 9.17) is 11.5 Å².